The molecule has 8 nitrogen and oxygen atoms in total. The minimum atomic E-state index is -0.859. The number of aldehydes is 1. The summed E-state index contributed by atoms with van der Waals surface area (Å²) in [6.45, 7) is 11.5. The van der Waals surface area contributed by atoms with E-state index in [9.17, 15) is 19.2 Å². The fourth-order valence-corrected chi connectivity index (χ4v) is 3.21. The summed E-state index contributed by atoms with van der Waals surface area (Å²) >= 11 is 0. The highest BCUT2D eigenvalue weighted by atomic mass is 16.5. The van der Waals surface area contributed by atoms with Crippen molar-refractivity contribution in [2.45, 2.75) is 79.1 Å². The van der Waals surface area contributed by atoms with Gasteiger partial charge in [0, 0.05) is 0 Å². The summed E-state index contributed by atoms with van der Waals surface area (Å²) in [5, 5.41) is 8.09. The Hall–Kier alpha value is -2.90. The van der Waals surface area contributed by atoms with Crippen molar-refractivity contribution in [1.82, 2.24) is 16.0 Å². The second-order valence-corrected chi connectivity index (χ2v) is 9.49. The zero-order valence-corrected chi connectivity index (χ0v) is 20.6. The van der Waals surface area contributed by atoms with Gasteiger partial charge in [-0.3, -0.25) is 9.59 Å². The molecule has 0 spiro atoms. The second kappa shape index (κ2) is 14.3. The average molecular weight is 462 g/mol. The second-order valence-electron chi connectivity index (χ2n) is 9.49. The Morgan fingerprint density at radius 3 is 1.82 bits per heavy atom. The summed E-state index contributed by atoms with van der Waals surface area (Å²) < 4.78 is 5.25. The highest BCUT2D eigenvalue weighted by molar-refractivity contribution is 5.92. The van der Waals surface area contributed by atoms with Gasteiger partial charge in [0.05, 0.1) is 6.04 Å². The van der Waals surface area contributed by atoms with E-state index in [-0.39, 0.29) is 24.4 Å². The summed E-state index contributed by atoms with van der Waals surface area (Å²) in [6, 6.07) is 6.92. The average Bonchev–Trinajstić information content (AvgIpc) is 2.74. The van der Waals surface area contributed by atoms with Crippen LogP contribution in [0.2, 0.25) is 0 Å². The van der Waals surface area contributed by atoms with Crippen LogP contribution in [-0.2, 0) is 25.7 Å². The maximum absolute atomic E-state index is 13.0. The number of carbonyl (C=O) groups is 4. The smallest absolute Gasteiger partial charge is 0.408 e. The van der Waals surface area contributed by atoms with E-state index in [0.29, 0.717) is 19.1 Å². The first kappa shape index (κ1) is 28.1. The Kier molecular flexibility index (Phi) is 12.2. The normalized spacial score (nSPS) is 13.8. The lowest BCUT2D eigenvalue weighted by Gasteiger charge is -2.26. The number of ether oxygens (including phenoxy) is 1. The van der Waals surface area contributed by atoms with E-state index in [1.807, 2.05) is 71.9 Å². The van der Waals surface area contributed by atoms with Gasteiger partial charge in [0.1, 0.15) is 25.0 Å². The van der Waals surface area contributed by atoms with Gasteiger partial charge in [-0.25, -0.2) is 4.79 Å². The fraction of sp³-hybridized carbons (Fsp3) is 0.600. The molecule has 3 unspecified atom stereocenters. The Balaban J connectivity index is 2.84. The molecule has 0 fully saturated rings. The van der Waals surface area contributed by atoms with Crippen molar-refractivity contribution in [3.8, 4) is 0 Å². The van der Waals surface area contributed by atoms with E-state index >= 15 is 0 Å². The summed E-state index contributed by atoms with van der Waals surface area (Å²) in [5.41, 5.74) is 0.834. The first-order valence-corrected chi connectivity index (χ1v) is 11.6. The molecule has 3 N–H and O–H groups in total. The standard InChI is InChI=1S/C25H39N3O5/c1-16(2)12-20(23(30)27-22(14-29)18(5)6)26-24(31)21(13-17(3)4)28-25(32)33-15-19-10-8-7-9-11-19/h7-11,14,16-18,20-22H,12-13,15H2,1-6H3,(H,26,31)(H,27,30)(H,28,32). The van der Waals surface area contributed by atoms with Gasteiger partial charge in [0.25, 0.3) is 0 Å². The van der Waals surface area contributed by atoms with Crippen LogP contribution < -0.4 is 16.0 Å². The van der Waals surface area contributed by atoms with Crippen molar-refractivity contribution in [1.29, 1.82) is 0 Å². The van der Waals surface area contributed by atoms with Crippen LogP contribution >= 0.6 is 0 Å². The molecule has 1 rings (SSSR count). The van der Waals surface area contributed by atoms with Gasteiger partial charge in [-0.1, -0.05) is 71.9 Å². The van der Waals surface area contributed by atoms with E-state index in [1.54, 1.807) is 0 Å². The third-order valence-electron chi connectivity index (χ3n) is 5.04. The lowest BCUT2D eigenvalue weighted by atomic mass is 9.99. The fourth-order valence-electron chi connectivity index (χ4n) is 3.21. The quantitative estimate of drug-likeness (QED) is 0.391. The van der Waals surface area contributed by atoms with Crippen LogP contribution in [0.1, 0.15) is 59.9 Å². The molecule has 3 amide bonds. The predicted molar refractivity (Wildman–Crippen MR) is 127 cm³/mol. The summed E-state index contributed by atoms with van der Waals surface area (Å²) in [4.78, 5) is 49.5. The van der Waals surface area contributed by atoms with E-state index in [4.69, 9.17) is 4.74 Å². The first-order valence-electron chi connectivity index (χ1n) is 11.6. The number of carbonyl (C=O) groups excluding carboxylic acids is 4. The Morgan fingerprint density at radius 1 is 0.818 bits per heavy atom. The summed E-state index contributed by atoms with van der Waals surface area (Å²) in [7, 11) is 0. The molecule has 0 aliphatic carbocycles. The minimum absolute atomic E-state index is 0.0726. The number of benzene rings is 1. The number of hydrogen-bond acceptors (Lipinski definition) is 5. The van der Waals surface area contributed by atoms with Gasteiger partial charge in [-0.15, -0.1) is 0 Å². The van der Waals surface area contributed by atoms with Crippen LogP contribution in [0.25, 0.3) is 0 Å². The van der Waals surface area contributed by atoms with Gasteiger partial charge in [0.2, 0.25) is 11.8 Å². The van der Waals surface area contributed by atoms with Crippen molar-refractivity contribution in [3.05, 3.63) is 35.9 Å². The molecule has 1 aromatic carbocycles. The van der Waals surface area contributed by atoms with Crippen molar-refractivity contribution >= 4 is 24.2 Å². The number of alkyl carbamates (subject to hydrolysis) is 1. The first-order chi connectivity index (χ1) is 15.5. The Morgan fingerprint density at radius 2 is 1.33 bits per heavy atom. The molecule has 0 aliphatic heterocycles. The van der Waals surface area contributed by atoms with Crippen LogP contribution in [0.3, 0.4) is 0 Å². The Labute approximate surface area is 197 Å². The number of amides is 3. The molecule has 3 atom stereocenters. The lowest BCUT2D eigenvalue weighted by molar-refractivity contribution is -0.131. The molecular formula is C25H39N3O5. The van der Waals surface area contributed by atoms with Gasteiger partial charge in [-0.2, -0.15) is 0 Å². The number of hydrogen-bond donors (Lipinski definition) is 3. The number of nitrogens with one attached hydrogen (secondary N) is 3. The molecule has 0 saturated heterocycles. The molecule has 0 saturated carbocycles. The molecule has 1 aromatic rings. The van der Waals surface area contributed by atoms with Crippen molar-refractivity contribution < 1.29 is 23.9 Å². The van der Waals surface area contributed by atoms with E-state index in [0.717, 1.165) is 5.56 Å². The van der Waals surface area contributed by atoms with Crippen molar-refractivity contribution in [3.63, 3.8) is 0 Å². The minimum Gasteiger partial charge on any atom is -0.445 e. The molecule has 0 heterocycles. The molecule has 184 valence electrons. The maximum atomic E-state index is 13.0. The third-order valence-corrected chi connectivity index (χ3v) is 5.04. The molecule has 0 aromatic heterocycles. The molecule has 8 heteroatoms. The largest absolute Gasteiger partial charge is 0.445 e. The Bertz CT molecular complexity index is 765. The molecule has 0 aliphatic rings. The summed E-state index contributed by atoms with van der Waals surface area (Å²) in [6.07, 6.45) is 0.771. The van der Waals surface area contributed by atoms with Crippen LogP contribution in [0, 0.1) is 17.8 Å². The lowest BCUT2D eigenvalue weighted by Crippen LogP contribution is -2.56. The van der Waals surface area contributed by atoms with Crippen molar-refractivity contribution in [2.24, 2.45) is 17.8 Å². The van der Waals surface area contributed by atoms with E-state index in [1.165, 1.54) is 0 Å². The van der Waals surface area contributed by atoms with E-state index < -0.39 is 36.0 Å². The zero-order valence-electron chi connectivity index (χ0n) is 20.6. The number of rotatable bonds is 13. The highest BCUT2D eigenvalue weighted by Gasteiger charge is 2.29. The van der Waals surface area contributed by atoms with E-state index in [2.05, 4.69) is 16.0 Å². The zero-order chi connectivity index (χ0) is 25.0. The van der Waals surface area contributed by atoms with Gasteiger partial charge in [-0.05, 0) is 36.2 Å². The topological polar surface area (TPSA) is 114 Å². The van der Waals surface area contributed by atoms with Crippen LogP contribution in [0.15, 0.2) is 30.3 Å². The van der Waals surface area contributed by atoms with Gasteiger partial charge < -0.3 is 25.5 Å². The highest BCUT2D eigenvalue weighted by Crippen LogP contribution is 2.10. The van der Waals surface area contributed by atoms with Crippen LogP contribution in [0.5, 0.6) is 0 Å². The summed E-state index contributed by atoms with van der Waals surface area (Å²) in [5.74, 6) is -0.710. The molecule has 0 radical (unpaired) electrons. The van der Waals surface area contributed by atoms with Gasteiger partial charge in [0.15, 0.2) is 0 Å². The predicted octanol–water partition coefficient (Wildman–Crippen LogP) is 3.20. The molecule has 0 bridgehead atoms. The maximum Gasteiger partial charge on any atom is 0.408 e. The third kappa shape index (κ3) is 11.0. The van der Waals surface area contributed by atoms with Crippen LogP contribution in [0.4, 0.5) is 4.79 Å². The molecule has 33 heavy (non-hydrogen) atoms. The SMILES string of the molecule is CC(C)CC(NC(=O)OCc1ccccc1)C(=O)NC(CC(C)C)C(=O)NC(C=O)C(C)C. The monoisotopic (exact) mass is 461 g/mol. The van der Waals surface area contributed by atoms with Gasteiger partial charge >= 0.3 is 6.09 Å². The van der Waals surface area contributed by atoms with Crippen LogP contribution in [-0.4, -0.2) is 42.3 Å². The molecular weight excluding hydrogens is 422 g/mol. The van der Waals surface area contributed by atoms with Crippen molar-refractivity contribution in [2.75, 3.05) is 0 Å².